The Morgan fingerprint density at radius 1 is 1.25 bits per heavy atom. The highest BCUT2D eigenvalue weighted by Crippen LogP contribution is 2.24. The van der Waals surface area contributed by atoms with Gasteiger partial charge < -0.3 is 4.43 Å². The van der Waals surface area contributed by atoms with E-state index >= 15 is 0 Å². The van der Waals surface area contributed by atoms with Crippen molar-refractivity contribution >= 4 is 8.32 Å². The smallest absolute Gasteiger partial charge is 0.187 e. The van der Waals surface area contributed by atoms with E-state index in [4.69, 9.17) is 4.43 Å². The molecular weight excluding hydrogens is 212 g/mol. The van der Waals surface area contributed by atoms with Crippen molar-refractivity contribution in [2.24, 2.45) is 5.92 Å². The SMILES string of the molecule is CC(C)C[Si](C)(C)OC1C/C=C\CCCC1. The lowest BCUT2D eigenvalue weighted by atomic mass is 10.0. The number of hydrogen-bond donors (Lipinski definition) is 0. The van der Waals surface area contributed by atoms with Gasteiger partial charge in [0, 0.05) is 6.10 Å². The summed E-state index contributed by atoms with van der Waals surface area (Å²) in [7, 11) is -1.43. The fourth-order valence-corrected chi connectivity index (χ4v) is 5.89. The summed E-state index contributed by atoms with van der Waals surface area (Å²) < 4.78 is 6.41. The molecule has 0 radical (unpaired) electrons. The van der Waals surface area contributed by atoms with Crippen LogP contribution in [0.4, 0.5) is 0 Å². The van der Waals surface area contributed by atoms with E-state index in [9.17, 15) is 0 Å². The number of hydrogen-bond acceptors (Lipinski definition) is 1. The van der Waals surface area contributed by atoms with Crippen LogP contribution in [-0.2, 0) is 4.43 Å². The molecular formula is C14H28OSi. The van der Waals surface area contributed by atoms with Gasteiger partial charge >= 0.3 is 0 Å². The molecule has 0 N–H and O–H groups in total. The zero-order valence-electron chi connectivity index (χ0n) is 11.5. The van der Waals surface area contributed by atoms with Gasteiger partial charge in [-0.05, 0) is 50.7 Å². The molecule has 0 saturated heterocycles. The minimum atomic E-state index is -1.43. The molecule has 1 atom stereocenters. The standard InChI is InChI=1S/C14H28OSi/c1-13(2)12-16(3,4)15-14-10-8-6-5-7-9-11-14/h6,8,13-14H,5,7,9-12H2,1-4H3/b8-6-. The highest BCUT2D eigenvalue weighted by Gasteiger charge is 2.27. The topological polar surface area (TPSA) is 9.23 Å². The molecule has 0 aromatic carbocycles. The molecule has 2 heteroatoms. The van der Waals surface area contributed by atoms with Crippen LogP contribution in [0.15, 0.2) is 12.2 Å². The molecule has 0 heterocycles. The van der Waals surface area contributed by atoms with Crippen LogP contribution >= 0.6 is 0 Å². The Morgan fingerprint density at radius 3 is 2.69 bits per heavy atom. The van der Waals surface area contributed by atoms with Gasteiger partial charge in [0.05, 0.1) is 0 Å². The average molecular weight is 240 g/mol. The van der Waals surface area contributed by atoms with Gasteiger partial charge in [-0.15, -0.1) is 0 Å². The third kappa shape index (κ3) is 5.85. The van der Waals surface area contributed by atoms with Crippen LogP contribution in [-0.4, -0.2) is 14.4 Å². The highest BCUT2D eigenvalue weighted by molar-refractivity contribution is 6.71. The van der Waals surface area contributed by atoms with Gasteiger partial charge in [-0.3, -0.25) is 0 Å². The maximum absolute atomic E-state index is 6.41. The maximum atomic E-state index is 6.41. The lowest BCUT2D eigenvalue weighted by Crippen LogP contribution is -2.36. The quantitative estimate of drug-likeness (QED) is 0.509. The molecule has 0 aromatic heterocycles. The molecule has 94 valence electrons. The van der Waals surface area contributed by atoms with Gasteiger partial charge in [0.2, 0.25) is 0 Å². The third-order valence-electron chi connectivity index (χ3n) is 3.10. The molecule has 0 aromatic rings. The highest BCUT2D eigenvalue weighted by atomic mass is 28.4. The summed E-state index contributed by atoms with van der Waals surface area (Å²) >= 11 is 0. The van der Waals surface area contributed by atoms with E-state index < -0.39 is 8.32 Å². The number of allylic oxidation sites excluding steroid dienone is 1. The summed E-state index contributed by atoms with van der Waals surface area (Å²) in [6.07, 6.45) is 11.5. The monoisotopic (exact) mass is 240 g/mol. The van der Waals surface area contributed by atoms with Crippen molar-refractivity contribution < 1.29 is 4.43 Å². The first-order valence-corrected chi connectivity index (χ1v) is 9.94. The Labute approximate surface area is 102 Å². The summed E-state index contributed by atoms with van der Waals surface area (Å²) in [6.45, 7) is 9.34. The van der Waals surface area contributed by atoms with Crippen molar-refractivity contribution in [2.45, 2.75) is 71.2 Å². The first-order valence-electron chi connectivity index (χ1n) is 6.82. The molecule has 0 saturated carbocycles. The third-order valence-corrected chi connectivity index (χ3v) is 5.87. The lowest BCUT2D eigenvalue weighted by Gasteiger charge is -2.31. The van der Waals surface area contributed by atoms with Crippen LogP contribution in [0.2, 0.25) is 19.1 Å². The maximum Gasteiger partial charge on any atom is 0.187 e. The molecule has 1 nitrogen and oxygen atoms in total. The van der Waals surface area contributed by atoms with E-state index in [1.165, 1.54) is 31.7 Å². The fraction of sp³-hybridized carbons (Fsp3) is 0.857. The zero-order chi connectivity index (χ0) is 12.0. The summed E-state index contributed by atoms with van der Waals surface area (Å²) in [5.41, 5.74) is 0. The Balaban J connectivity index is 2.43. The van der Waals surface area contributed by atoms with Crippen LogP contribution in [0, 0.1) is 5.92 Å². The van der Waals surface area contributed by atoms with Crippen LogP contribution in [0.5, 0.6) is 0 Å². The van der Waals surface area contributed by atoms with Gasteiger partial charge in [-0.25, -0.2) is 0 Å². The molecule has 0 amide bonds. The van der Waals surface area contributed by atoms with Crippen molar-refractivity contribution in [2.75, 3.05) is 0 Å². The lowest BCUT2D eigenvalue weighted by molar-refractivity contribution is 0.177. The van der Waals surface area contributed by atoms with Gasteiger partial charge in [0.1, 0.15) is 0 Å². The second-order valence-electron chi connectivity index (χ2n) is 6.09. The van der Waals surface area contributed by atoms with E-state index in [0.717, 1.165) is 12.3 Å². The molecule has 0 spiro atoms. The van der Waals surface area contributed by atoms with Crippen molar-refractivity contribution in [1.82, 2.24) is 0 Å². The summed E-state index contributed by atoms with van der Waals surface area (Å²) in [6, 6.07) is 1.28. The molecule has 0 fully saturated rings. The van der Waals surface area contributed by atoms with Gasteiger partial charge in [-0.2, -0.15) is 0 Å². The first-order chi connectivity index (χ1) is 7.49. The summed E-state index contributed by atoms with van der Waals surface area (Å²) in [5, 5.41) is 0. The van der Waals surface area contributed by atoms with E-state index in [1.54, 1.807) is 0 Å². The van der Waals surface area contributed by atoms with Crippen molar-refractivity contribution in [3.63, 3.8) is 0 Å². The summed E-state index contributed by atoms with van der Waals surface area (Å²) in [5.74, 6) is 0.769. The number of rotatable bonds is 4. The Kier molecular flexibility index (Phi) is 5.77. The first kappa shape index (κ1) is 14.0. The zero-order valence-corrected chi connectivity index (χ0v) is 12.5. The van der Waals surface area contributed by atoms with Crippen molar-refractivity contribution in [1.29, 1.82) is 0 Å². The molecule has 16 heavy (non-hydrogen) atoms. The normalized spacial score (nSPS) is 25.2. The molecule has 1 unspecified atom stereocenters. The molecule has 1 aliphatic carbocycles. The molecule has 0 aliphatic heterocycles. The average Bonchev–Trinajstić information content (AvgIpc) is 2.06. The minimum absolute atomic E-state index is 0.497. The van der Waals surface area contributed by atoms with Crippen LogP contribution in [0.1, 0.15) is 46.0 Å². The van der Waals surface area contributed by atoms with E-state index in [-0.39, 0.29) is 0 Å². The van der Waals surface area contributed by atoms with E-state index in [1.807, 2.05) is 0 Å². The molecule has 1 rings (SSSR count). The van der Waals surface area contributed by atoms with E-state index in [0.29, 0.717) is 6.10 Å². The summed E-state index contributed by atoms with van der Waals surface area (Å²) in [4.78, 5) is 0. The molecule has 1 aliphatic rings. The minimum Gasteiger partial charge on any atom is -0.414 e. The van der Waals surface area contributed by atoms with Crippen LogP contribution in [0.3, 0.4) is 0 Å². The van der Waals surface area contributed by atoms with E-state index in [2.05, 4.69) is 39.1 Å². The Bertz CT molecular complexity index is 221. The van der Waals surface area contributed by atoms with Gasteiger partial charge in [0.15, 0.2) is 8.32 Å². The van der Waals surface area contributed by atoms with Gasteiger partial charge in [0.25, 0.3) is 0 Å². The predicted molar refractivity (Wildman–Crippen MR) is 74.2 cm³/mol. The predicted octanol–water partition coefficient (Wildman–Crippen LogP) is 4.75. The van der Waals surface area contributed by atoms with Gasteiger partial charge in [-0.1, -0.05) is 32.4 Å². The second-order valence-corrected chi connectivity index (χ2v) is 10.3. The largest absolute Gasteiger partial charge is 0.414 e. The van der Waals surface area contributed by atoms with Crippen LogP contribution < -0.4 is 0 Å². The Morgan fingerprint density at radius 2 is 2.00 bits per heavy atom. The molecule has 0 bridgehead atoms. The van der Waals surface area contributed by atoms with Crippen molar-refractivity contribution in [3.8, 4) is 0 Å². The fourth-order valence-electron chi connectivity index (χ4n) is 2.71. The van der Waals surface area contributed by atoms with Crippen molar-refractivity contribution in [3.05, 3.63) is 12.2 Å². The Hall–Kier alpha value is -0.0831. The second kappa shape index (κ2) is 6.60. The van der Waals surface area contributed by atoms with Crippen LogP contribution in [0.25, 0.3) is 0 Å².